The highest BCUT2D eigenvalue weighted by molar-refractivity contribution is 9.10. The molecule has 0 fully saturated rings. The Bertz CT molecular complexity index is 357. The van der Waals surface area contributed by atoms with Crippen LogP contribution in [0, 0.1) is 6.92 Å². The summed E-state index contributed by atoms with van der Waals surface area (Å²) >= 11 is 4.58. The lowest BCUT2D eigenvalue weighted by Gasteiger charge is -2.06. The van der Waals surface area contributed by atoms with Gasteiger partial charge in [-0.25, -0.2) is 4.98 Å². The maximum absolute atomic E-state index is 10.6. The Morgan fingerprint density at radius 2 is 2.36 bits per heavy atom. The van der Waals surface area contributed by atoms with Gasteiger partial charge in [0.05, 0.1) is 5.03 Å². The quantitative estimate of drug-likeness (QED) is 0.862. The van der Waals surface area contributed by atoms with Crippen LogP contribution >= 0.6 is 27.7 Å². The lowest BCUT2D eigenvalue weighted by molar-refractivity contribution is -0.136. The van der Waals surface area contributed by atoms with E-state index in [9.17, 15) is 4.79 Å². The van der Waals surface area contributed by atoms with Crippen molar-refractivity contribution in [2.45, 2.75) is 24.1 Å². The highest BCUT2D eigenvalue weighted by atomic mass is 79.9. The molecule has 1 unspecified atom stereocenters. The van der Waals surface area contributed by atoms with Gasteiger partial charge in [0, 0.05) is 10.7 Å². The molecular formula is C9H10BrNO2S. The molecule has 0 aliphatic heterocycles. The second-order valence-electron chi connectivity index (χ2n) is 2.87. The maximum atomic E-state index is 10.6. The van der Waals surface area contributed by atoms with Crippen LogP contribution in [-0.2, 0) is 4.79 Å². The Kier molecular flexibility index (Phi) is 3.95. The summed E-state index contributed by atoms with van der Waals surface area (Å²) in [6.07, 6.45) is 1.69. The van der Waals surface area contributed by atoms with Crippen LogP contribution in [0.1, 0.15) is 12.5 Å². The van der Waals surface area contributed by atoms with E-state index in [-0.39, 0.29) is 0 Å². The number of rotatable bonds is 3. The number of aryl methyl sites for hydroxylation is 1. The molecule has 0 saturated carbocycles. The van der Waals surface area contributed by atoms with E-state index in [0.717, 1.165) is 15.1 Å². The van der Waals surface area contributed by atoms with Gasteiger partial charge in [0.25, 0.3) is 0 Å². The molecule has 0 radical (unpaired) electrons. The summed E-state index contributed by atoms with van der Waals surface area (Å²) in [6, 6.07) is 1.87. The molecule has 0 bridgehead atoms. The van der Waals surface area contributed by atoms with Crippen molar-refractivity contribution in [2.75, 3.05) is 0 Å². The van der Waals surface area contributed by atoms with E-state index in [2.05, 4.69) is 20.9 Å². The standard InChI is InChI=1S/C9H10BrNO2S/c1-5-3-8(11-4-7(5)10)14-6(2)9(12)13/h3-4,6H,1-2H3,(H,12,13). The van der Waals surface area contributed by atoms with Gasteiger partial charge in [-0.2, -0.15) is 0 Å². The Morgan fingerprint density at radius 3 is 2.86 bits per heavy atom. The highest BCUT2D eigenvalue weighted by Gasteiger charge is 2.13. The first-order chi connectivity index (χ1) is 6.50. The molecule has 1 atom stereocenters. The molecule has 0 aliphatic carbocycles. The van der Waals surface area contributed by atoms with Gasteiger partial charge >= 0.3 is 5.97 Å². The SMILES string of the molecule is Cc1cc(SC(C)C(=O)O)ncc1Br. The van der Waals surface area contributed by atoms with Crippen LogP contribution < -0.4 is 0 Å². The number of hydrogen-bond acceptors (Lipinski definition) is 3. The van der Waals surface area contributed by atoms with Gasteiger partial charge in [-0.05, 0) is 41.4 Å². The normalized spacial score (nSPS) is 12.5. The van der Waals surface area contributed by atoms with Gasteiger partial charge in [-0.1, -0.05) is 11.8 Å². The van der Waals surface area contributed by atoms with E-state index in [4.69, 9.17) is 5.11 Å². The monoisotopic (exact) mass is 275 g/mol. The van der Waals surface area contributed by atoms with Crippen LogP contribution in [0.5, 0.6) is 0 Å². The Balaban J connectivity index is 2.78. The van der Waals surface area contributed by atoms with Gasteiger partial charge in [-0.15, -0.1) is 0 Å². The van der Waals surface area contributed by atoms with Gasteiger partial charge in [0.15, 0.2) is 0 Å². The number of carbonyl (C=O) groups is 1. The summed E-state index contributed by atoms with van der Waals surface area (Å²) in [5.74, 6) is -0.822. The van der Waals surface area contributed by atoms with Crippen molar-refractivity contribution in [3.63, 3.8) is 0 Å². The molecule has 0 amide bonds. The molecule has 76 valence electrons. The zero-order valence-corrected chi connectivity index (χ0v) is 10.2. The number of carboxylic acid groups (broad SMARTS) is 1. The fourth-order valence-corrected chi connectivity index (χ4v) is 1.85. The molecule has 1 aromatic rings. The highest BCUT2D eigenvalue weighted by Crippen LogP contribution is 2.24. The van der Waals surface area contributed by atoms with Gasteiger partial charge < -0.3 is 5.11 Å². The van der Waals surface area contributed by atoms with Crippen LogP contribution in [0.25, 0.3) is 0 Å². The van der Waals surface area contributed by atoms with Gasteiger partial charge in [0.1, 0.15) is 5.25 Å². The van der Waals surface area contributed by atoms with E-state index in [1.54, 1.807) is 13.1 Å². The first-order valence-electron chi connectivity index (χ1n) is 4.02. The zero-order chi connectivity index (χ0) is 10.7. The molecule has 14 heavy (non-hydrogen) atoms. The fraction of sp³-hybridized carbons (Fsp3) is 0.333. The predicted molar refractivity (Wildman–Crippen MR) is 59.6 cm³/mol. The van der Waals surface area contributed by atoms with E-state index >= 15 is 0 Å². The van der Waals surface area contributed by atoms with Crippen LogP contribution in [0.15, 0.2) is 21.8 Å². The lowest BCUT2D eigenvalue weighted by Crippen LogP contribution is -2.11. The van der Waals surface area contributed by atoms with Crippen LogP contribution in [0.2, 0.25) is 0 Å². The third kappa shape index (κ3) is 2.99. The van der Waals surface area contributed by atoms with Crippen molar-refractivity contribution in [2.24, 2.45) is 0 Å². The number of halogens is 1. The Labute approximate surface area is 95.1 Å². The summed E-state index contributed by atoms with van der Waals surface area (Å²) < 4.78 is 0.935. The topological polar surface area (TPSA) is 50.2 Å². The predicted octanol–water partition coefficient (Wildman–Crippen LogP) is 2.72. The number of nitrogens with zero attached hydrogens (tertiary/aromatic N) is 1. The Morgan fingerprint density at radius 1 is 1.71 bits per heavy atom. The molecule has 1 rings (SSSR count). The molecule has 0 spiro atoms. The van der Waals surface area contributed by atoms with Crippen molar-refractivity contribution in [1.82, 2.24) is 4.98 Å². The summed E-state index contributed by atoms with van der Waals surface area (Å²) in [6.45, 7) is 3.59. The van der Waals surface area contributed by atoms with Crippen LogP contribution in [0.3, 0.4) is 0 Å². The minimum atomic E-state index is -0.822. The number of hydrogen-bond donors (Lipinski definition) is 1. The van der Waals surface area contributed by atoms with Crippen molar-refractivity contribution in [3.05, 3.63) is 22.3 Å². The molecule has 1 heterocycles. The van der Waals surface area contributed by atoms with Crippen LogP contribution in [0.4, 0.5) is 0 Å². The van der Waals surface area contributed by atoms with Gasteiger partial charge in [-0.3, -0.25) is 4.79 Å². The molecule has 0 aromatic carbocycles. The minimum Gasteiger partial charge on any atom is -0.480 e. The molecule has 5 heteroatoms. The van der Waals surface area contributed by atoms with E-state index in [1.807, 2.05) is 13.0 Å². The molecular weight excluding hydrogens is 266 g/mol. The second-order valence-corrected chi connectivity index (χ2v) is 5.09. The Hall–Kier alpha value is -0.550. The summed E-state index contributed by atoms with van der Waals surface area (Å²) in [4.78, 5) is 14.7. The average molecular weight is 276 g/mol. The second kappa shape index (κ2) is 4.79. The van der Waals surface area contributed by atoms with Crippen molar-refractivity contribution in [1.29, 1.82) is 0 Å². The van der Waals surface area contributed by atoms with E-state index in [1.165, 1.54) is 11.8 Å². The number of thioether (sulfide) groups is 1. The first-order valence-corrected chi connectivity index (χ1v) is 5.69. The number of aromatic nitrogens is 1. The van der Waals surface area contributed by atoms with Crippen molar-refractivity contribution < 1.29 is 9.90 Å². The van der Waals surface area contributed by atoms with Crippen molar-refractivity contribution >= 4 is 33.7 Å². The smallest absolute Gasteiger partial charge is 0.316 e. The van der Waals surface area contributed by atoms with Gasteiger partial charge in [0.2, 0.25) is 0 Å². The summed E-state index contributed by atoms with van der Waals surface area (Å²) in [7, 11) is 0. The molecule has 0 saturated heterocycles. The number of aliphatic carboxylic acids is 1. The average Bonchev–Trinajstić information content (AvgIpc) is 2.11. The minimum absolute atomic E-state index is 0.469. The molecule has 1 aromatic heterocycles. The zero-order valence-electron chi connectivity index (χ0n) is 7.82. The van der Waals surface area contributed by atoms with Crippen molar-refractivity contribution in [3.8, 4) is 0 Å². The lowest BCUT2D eigenvalue weighted by atomic mass is 10.3. The van der Waals surface area contributed by atoms with E-state index < -0.39 is 11.2 Å². The van der Waals surface area contributed by atoms with E-state index in [0.29, 0.717) is 0 Å². The molecule has 3 nitrogen and oxygen atoms in total. The number of carboxylic acids is 1. The number of pyridine rings is 1. The summed E-state index contributed by atoms with van der Waals surface area (Å²) in [5, 5.41) is 8.98. The molecule has 1 N–H and O–H groups in total. The maximum Gasteiger partial charge on any atom is 0.316 e. The fourth-order valence-electron chi connectivity index (χ4n) is 0.810. The third-order valence-corrected chi connectivity index (χ3v) is 3.52. The molecule has 0 aliphatic rings. The largest absolute Gasteiger partial charge is 0.480 e. The summed E-state index contributed by atoms with van der Waals surface area (Å²) in [5.41, 5.74) is 1.06. The third-order valence-electron chi connectivity index (χ3n) is 1.67. The first kappa shape index (κ1) is 11.5. The van der Waals surface area contributed by atoms with Crippen LogP contribution in [-0.4, -0.2) is 21.3 Å².